The lowest BCUT2D eigenvalue weighted by molar-refractivity contribution is 0.302. The summed E-state index contributed by atoms with van der Waals surface area (Å²) in [7, 11) is 0. The van der Waals surface area contributed by atoms with Gasteiger partial charge in [0.15, 0.2) is 0 Å². The van der Waals surface area contributed by atoms with Gasteiger partial charge in [-0.15, -0.1) is 11.3 Å². The summed E-state index contributed by atoms with van der Waals surface area (Å²) >= 11 is 1.49. The van der Waals surface area contributed by atoms with Crippen LogP contribution in [0.3, 0.4) is 0 Å². The lowest BCUT2D eigenvalue weighted by Crippen LogP contribution is -1.95. The van der Waals surface area contributed by atoms with Gasteiger partial charge >= 0.3 is 0 Å². The van der Waals surface area contributed by atoms with Crippen molar-refractivity contribution in [1.29, 1.82) is 5.26 Å². The van der Waals surface area contributed by atoms with E-state index in [-0.39, 0.29) is 5.82 Å². The number of halogens is 1. The van der Waals surface area contributed by atoms with Gasteiger partial charge in [-0.1, -0.05) is 0 Å². The topological polar surface area (TPSA) is 45.9 Å². The summed E-state index contributed by atoms with van der Waals surface area (Å²) < 4.78 is 18.5. The van der Waals surface area contributed by atoms with Crippen LogP contribution in [0.25, 0.3) is 10.6 Å². The number of hydrogen-bond donors (Lipinski definition) is 0. The first-order valence-corrected chi connectivity index (χ1v) is 7.46. The van der Waals surface area contributed by atoms with Crippen molar-refractivity contribution in [3.05, 3.63) is 71.0 Å². The molecule has 1 aromatic heterocycles. The number of aromatic nitrogens is 1. The van der Waals surface area contributed by atoms with Crippen LogP contribution in [0.1, 0.15) is 11.3 Å². The Bertz CT molecular complexity index is 804. The number of ether oxygens (including phenoxy) is 1. The molecule has 1 heterocycles. The van der Waals surface area contributed by atoms with Gasteiger partial charge in [-0.05, 0) is 48.5 Å². The highest BCUT2D eigenvalue weighted by Crippen LogP contribution is 2.24. The number of nitrogens with zero attached hydrogens (tertiary/aromatic N) is 2. The fraction of sp³-hybridized carbons (Fsp3) is 0.0588. The maximum Gasteiger partial charge on any atom is 0.131 e. The standard InChI is InChI=1S/C17H11FN2OS/c18-14-5-3-13(4-6-14)17-20-15(11-22-17)10-21-16-7-1-12(9-19)2-8-16/h1-8,11H,10H2. The van der Waals surface area contributed by atoms with Crippen molar-refractivity contribution in [2.24, 2.45) is 0 Å². The predicted octanol–water partition coefficient (Wildman–Crippen LogP) is 4.40. The van der Waals surface area contributed by atoms with E-state index in [0.29, 0.717) is 17.9 Å². The molecule has 0 saturated carbocycles. The Morgan fingerprint density at radius 3 is 2.50 bits per heavy atom. The van der Waals surface area contributed by atoms with Crippen LogP contribution in [0, 0.1) is 17.1 Å². The van der Waals surface area contributed by atoms with Crippen LogP contribution < -0.4 is 4.74 Å². The van der Waals surface area contributed by atoms with Gasteiger partial charge in [0.1, 0.15) is 23.2 Å². The first-order valence-electron chi connectivity index (χ1n) is 6.58. The molecule has 0 fully saturated rings. The van der Waals surface area contributed by atoms with Gasteiger partial charge in [-0.3, -0.25) is 0 Å². The summed E-state index contributed by atoms with van der Waals surface area (Å²) in [6, 6.07) is 15.2. The number of hydrogen-bond acceptors (Lipinski definition) is 4. The molecule has 0 atom stereocenters. The lowest BCUT2D eigenvalue weighted by Gasteiger charge is -2.03. The maximum atomic E-state index is 12.9. The van der Waals surface area contributed by atoms with E-state index in [1.54, 1.807) is 36.4 Å². The molecule has 22 heavy (non-hydrogen) atoms. The fourth-order valence-corrected chi connectivity index (χ4v) is 2.69. The zero-order chi connectivity index (χ0) is 15.4. The smallest absolute Gasteiger partial charge is 0.131 e. The molecule has 0 bridgehead atoms. The van der Waals surface area contributed by atoms with Gasteiger partial charge in [0.05, 0.1) is 17.3 Å². The highest BCUT2D eigenvalue weighted by Gasteiger charge is 2.06. The molecule has 0 aliphatic heterocycles. The van der Waals surface area contributed by atoms with Gasteiger partial charge < -0.3 is 4.74 Å². The summed E-state index contributed by atoms with van der Waals surface area (Å²) in [5.41, 5.74) is 2.30. The second-order valence-electron chi connectivity index (χ2n) is 4.58. The molecule has 3 rings (SSSR count). The van der Waals surface area contributed by atoms with Crippen LogP contribution in [0.15, 0.2) is 53.9 Å². The average Bonchev–Trinajstić information content (AvgIpc) is 3.03. The summed E-state index contributed by atoms with van der Waals surface area (Å²) in [6.45, 7) is 0.351. The van der Waals surface area contributed by atoms with E-state index in [2.05, 4.69) is 11.1 Å². The maximum absolute atomic E-state index is 12.9. The summed E-state index contributed by atoms with van der Waals surface area (Å²) in [4.78, 5) is 4.48. The summed E-state index contributed by atoms with van der Waals surface area (Å²) in [5, 5.41) is 11.5. The molecule has 2 aromatic carbocycles. The zero-order valence-electron chi connectivity index (χ0n) is 11.5. The average molecular weight is 310 g/mol. The molecule has 3 nitrogen and oxygen atoms in total. The summed E-state index contributed by atoms with van der Waals surface area (Å²) in [5.74, 6) is 0.431. The predicted molar refractivity (Wildman–Crippen MR) is 83.0 cm³/mol. The minimum absolute atomic E-state index is 0.260. The van der Waals surface area contributed by atoms with Crippen molar-refractivity contribution < 1.29 is 9.13 Å². The molecule has 5 heteroatoms. The summed E-state index contributed by atoms with van der Waals surface area (Å²) in [6.07, 6.45) is 0. The Morgan fingerprint density at radius 1 is 1.09 bits per heavy atom. The molecule has 0 aliphatic carbocycles. The second kappa shape index (κ2) is 6.37. The van der Waals surface area contributed by atoms with Crippen LogP contribution >= 0.6 is 11.3 Å². The third kappa shape index (κ3) is 3.30. The Morgan fingerprint density at radius 2 is 1.82 bits per heavy atom. The molecule has 0 amide bonds. The van der Waals surface area contributed by atoms with Crippen LogP contribution in [-0.2, 0) is 6.61 Å². The molecular formula is C17H11FN2OS. The Labute approximate surface area is 131 Å². The van der Waals surface area contributed by atoms with Crippen molar-refractivity contribution >= 4 is 11.3 Å². The molecule has 108 valence electrons. The molecule has 3 aromatic rings. The van der Waals surface area contributed by atoms with E-state index in [0.717, 1.165) is 16.3 Å². The number of thiazole rings is 1. The number of benzene rings is 2. The normalized spacial score (nSPS) is 10.2. The van der Waals surface area contributed by atoms with Crippen LogP contribution in [-0.4, -0.2) is 4.98 Å². The highest BCUT2D eigenvalue weighted by atomic mass is 32.1. The van der Waals surface area contributed by atoms with Gasteiger partial charge in [-0.2, -0.15) is 5.26 Å². The van der Waals surface area contributed by atoms with Gasteiger partial charge in [0.25, 0.3) is 0 Å². The van der Waals surface area contributed by atoms with E-state index in [1.807, 2.05) is 5.38 Å². The molecule has 0 spiro atoms. The molecule has 0 saturated heterocycles. The third-order valence-electron chi connectivity index (χ3n) is 3.01. The van der Waals surface area contributed by atoms with Gasteiger partial charge in [-0.25, -0.2) is 9.37 Å². The van der Waals surface area contributed by atoms with Crippen molar-refractivity contribution in [2.75, 3.05) is 0 Å². The van der Waals surface area contributed by atoms with E-state index in [1.165, 1.54) is 23.5 Å². The molecule has 0 aliphatic rings. The van der Waals surface area contributed by atoms with Crippen LogP contribution in [0.4, 0.5) is 4.39 Å². The van der Waals surface area contributed by atoms with Gasteiger partial charge in [0, 0.05) is 10.9 Å². The minimum Gasteiger partial charge on any atom is -0.487 e. The number of nitriles is 1. The quantitative estimate of drug-likeness (QED) is 0.717. The van der Waals surface area contributed by atoms with Gasteiger partial charge in [0.2, 0.25) is 0 Å². The van der Waals surface area contributed by atoms with E-state index in [9.17, 15) is 4.39 Å². The third-order valence-corrected chi connectivity index (χ3v) is 3.95. The van der Waals surface area contributed by atoms with Crippen LogP contribution in [0.5, 0.6) is 5.75 Å². The molecular weight excluding hydrogens is 299 g/mol. The second-order valence-corrected chi connectivity index (χ2v) is 5.43. The van der Waals surface area contributed by atoms with E-state index in [4.69, 9.17) is 10.00 Å². The minimum atomic E-state index is -0.260. The molecule has 0 unspecified atom stereocenters. The fourth-order valence-electron chi connectivity index (χ4n) is 1.88. The van der Waals surface area contributed by atoms with E-state index >= 15 is 0 Å². The monoisotopic (exact) mass is 310 g/mol. The number of rotatable bonds is 4. The Kier molecular flexibility index (Phi) is 4.12. The first kappa shape index (κ1) is 14.2. The largest absolute Gasteiger partial charge is 0.487 e. The van der Waals surface area contributed by atoms with Crippen molar-refractivity contribution in [1.82, 2.24) is 4.98 Å². The van der Waals surface area contributed by atoms with Crippen molar-refractivity contribution in [2.45, 2.75) is 6.61 Å². The Hall–Kier alpha value is -2.71. The Balaban J connectivity index is 1.66. The first-order chi connectivity index (χ1) is 10.7. The van der Waals surface area contributed by atoms with Crippen molar-refractivity contribution in [3.8, 4) is 22.4 Å². The van der Waals surface area contributed by atoms with E-state index < -0.39 is 0 Å². The molecule has 0 radical (unpaired) electrons. The zero-order valence-corrected chi connectivity index (χ0v) is 12.3. The van der Waals surface area contributed by atoms with Crippen LogP contribution in [0.2, 0.25) is 0 Å². The lowest BCUT2D eigenvalue weighted by atomic mass is 10.2. The highest BCUT2D eigenvalue weighted by molar-refractivity contribution is 7.13. The molecule has 0 N–H and O–H groups in total. The van der Waals surface area contributed by atoms with Crippen molar-refractivity contribution in [3.63, 3.8) is 0 Å². The SMILES string of the molecule is N#Cc1ccc(OCc2csc(-c3ccc(F)cc3)n2)cc1.